The molecule has 0 aliphatic rings. The molecule has 2 aromatic carbocycles. The maximum absolute atomic E-state index is 11.0. The molecule has 122 valence electrons. The van der Waals surface area contributed by atoms with Gasteiger partial charge in [-0.2, -0.15) is 0 Å². The van der Waals surface area contributed by atoms with E-state index in [0.29, 0.717) is 16.9 Å². The summed E-state index contributed by atoms with van der Waals surface area (Å²) in [4.78, 5) is 14.9. The van der Waals surface area contributed by atoms with Gasteiger partial charge in [0.1, 0.15) is 0 Å². The van der Waals surface area contributed by atoms with E-state index in [0.717, 1.165) is 20.9 Å². The van der Waals surface area contributed by atoms with Crippen LogP contribution >= 0.6 is 15.9 Å². The van der Waals surface area contributed by atoms with Crippen LogP contribution < -0.4 is 5.32 Å². The number of non-ortho nitro benzene ring substituents is 1. The average molecular weight is 388 g/mol. The third kappa shape index (κ3) is 3.08. The van der Waals surface area contributed by atoms with E-state index in [1.54, 1.807) is 12.3 Å². The van der Waals surface area contributed by atoms with Crippen molar-refractivity contribution in [2.45, 2.75) is 13.5 Å². The van der Waals surface area contributed by atoms with Gasteiger partial charge < -0.3 is 10.4 Å². The van der Waals surface area contributed by atoms with Crippen molar-refractivity contribution in [3.63, 3.8) is 0 Å². The summed E-state index contributed by atoms with van der Waals surface area (Å²) < 4.78 is 0.880. The Labute approximate surface area is 146 Å². The van der Waals surface area contributed by atoms with E-state index >= 15 is 0 Å². The van der Waals surface area contributed by atoms with Crippen LogP contribution in [-0.4, -0.2) is 15.0 Å². The first-order chi connectivity index (χ1) is 11.5. The van der Waals surface area contributed by atoms with E-state index in [1.165, 1.54) is 12.1 Å². The third-order valence-corrected chi connectivity index (χ3v) is 4.26. The van der Waals surface area contributed by atoms with Crippen LogP contribution in [0.2, 0.25) is 0 Å². The molecule has 3 rings (SSSR count). The molecule has 24 heavy (non-hydrogen) atoms. The molecule has 1 aromatic heterocycles. The molecule has 6 nitrogen and oxygen atoms in total. The maximum atomic E-state index is 11.0. The second kappa shape index (κ2) is 6.54. The fourth-order valence-corrected chi connectivity index (χ4v) is 2.83. The molecule has 0 fully saturated rings. The zero-order valence-corrected chi connectivity index (χ0v) is 14.4. The van der Waals surface area contributed by atoms with Crippen molar-refractivity contribution in [1.29, 1.82) is 0 Å². The first-order valence-electron chi connectivity index (χ1n) is 7.19. The highest BCUT2D eigenvalue weighted by molar-refractivity contribution is 9.10. The van der Waals surface area contributed by atoms with Crippen molar-refractivity contribution < 1.29 is 10.0 Å². The Morgan fingerprint density at radius 1 is 1.29 bits per heavy atom. The molecule has 0 aliphatic carbocycles. The average Bonchev–Trinajstić information content (AvgIpc) is 2.56. The number of nitrogens with one attached hydrogen (secondary N) is 1. The predicted octanol–water partition coefficient (Wildman–Crippen LogP) is 4.45. The summed E-state index contributed by atoms with van der Waals surface area (Å²) >= 11 is 3.44. The molecule has 7 heteroatoms. The predicted molar refractivity (Wildman–Crippen MR) is 96.5 cm³/mol. The summed E-state index contributed by atoms with van der Waals surface area (Å²) in [5.74, 6) is 0. The van der Waals surface area contributed by atoms with E-state index in [1.807, 2.05) is 25.1 Å². The number of nitro benzene ring substituents is 1. The monoisotopic (exact) mass is 387 g/mol. The van der Waals surface area contributed by atoms with Gasteiger partial charge in [-0.15, -0.1) is 0 Å². The van der Waals surface area contributed by atoms with Gasteiger partial charge in [0, 0.05) is 39.4 Å². The Morgan fingerprint density at radius 2 is 2.08 bits per heavy atom. The van der Waals surface area contributed by atoms with Crippen LogP contribution in [0.15, 0.2) is 47.1 Å². The lowest BCUT2D eigenvalue weighted by Crippen LogP contribution is -2.01. The minimum Gasteiger partial charge on any atom is -0.392 e. The normalized spacial score (nSPS) is 10.8. The van der Waals surface area contributed by atoms with Gasteiger partial charge >= 0.3 is 0 Å². The van der Waals surface area contributed by atoms with Gasteiger partial charge in [-0.25, -0.2) is 0 Å². The number of aromatic nitrogens is 1. The largest absolute Gasteiger partial charge is 0.392 e. The lowest BCUT2D eigenvalue weighted by molar-refractivity contribution is -0.384. The molecule has 0 bridgehead atoms. The second-order valence-corrected chi connectivity index (χ2v) is 6.28. The zero-order chi connectivity index (χ0) is 17.3. The summed E-state index contributed by atoms with van der Waals surface area (Å²) in [5, 5.41) is 24.7. The number of pyridine rings is 1. The Bertz CT molecular complexity index is 944. The standard InChI is InChI=1S/C17H14BrN3O3/c1-10-2-4-13(21(23)24)7-16(10)20-17-11(9-22)8-19-15-5-3-12(18)6-14(15)17/h2-8,22H,9H2,1H3,(H,19,20). The van der Waals surface area contributed by atoms with Crippen molar-refractivity contribution in [3.05, 3.63) is 68.3 Å². The van der Waals surface area contributed by atoms with E-state index in [9.17, 15) is 15.2 Å². The van der Waals surface area contributed by atoms with Gasteiger partial charge in [-0.1, -0.05) is 22.0 Å². The van der Waals surface area contributed by atoms with Crippen molar-refractivity contribution in [2.24, 2.45) is 0 Å². The Hall–Kier alpha value is -2.51. The number of benzene rings is 2. The number of hydrogen-bond donors (Lipinski definition) is 2. The van der Waals surface area contributed by atoms with Crippen LogP contribution in [0.1, 0.15) is 11.1 Å². The Kier molecular flexibility index (Phi) is 4.46. The molecule has 3 aromatic rings. The van der Waals surface area contributed by atoms with Crippen molar-refractivity contribution in [2.75, 3.05) is 5.32 Å². The van der Waals surface area contributed by atoms with E-state index in [4.69, 9.17) is 0 Å². The van der Waals surface area contributed by atoms with Crippen LogP contribution in [0, 0.1) is 17.0 Å². The van der Waals surface area contributed by atoms with Crippen LogP contribution in [0.25, 0.3) is 10.9 Å². The summed E-state index contributed by atoms with van der Waals surface area (Å²) in [7, 11) is 0. The quantitative estimate of drug-likeness (QED) is 0.509. The van der Waals surface area contributed by atoms with E-state index in [-0.39, 0.29) is 12.3 Å². The second-order valence-electron chi connectivity index (χ2n) is 5.36. The summed E-state index contributed by atoms with van der Waals surface area (Å²) in [6, 6.07) is 10.3. The van der Waals surface area contributed by atoms with Crippen molar-refractivity contribution >= 4 is 43.9 Å². The topological polar surface area (TPSA) is 88.3 Å². The van der Waals surface area contributed by atoms with Crippen LogP contribution in [-0.2, 0) is 6.61 Å². The number of aliphatic hydroxyl groups is 1. The molecular weight excluding hydrogens is 374 g/mol. The first-order valence-corrected chi connectivity index (χ1v) is 7.99. The molecule has 0 spiro atoms. The molecule has 0 radical (unpaired) electrons. The number of nitro groups is 1. The number of aliphatic hydroxyl groups excluding tert-OH is 1. The fraction of sp³-hybridized carbons (Fsp3) is 0.118. The zero-order valence-electron chi connectivity index (χ0n) is 12.8. The highest BCUT2D eigenvalue weighted by atomic mass is 79.9. The number of hydrogen-bond acceptors (Lipinski definition) is 5. The number of nitrogens with zero attached hydrogens (tertiary/aromatic N) is 2. The molecular formula is C17H14BrN3O3. The Morgan fingerprint density at radius 3 is 2.79 bits per heavy atom. The molecule has 0 atom stereocenters. The van der Waals surface area contributed by atoms with Crippen LogP contribution in [0.5, 0.6) is 0 Å². The van der Waals surface area contributed by atoms with Gasteiger partial charge in [0.2, 0.25) is 0 Å². The fourth-order valence-electron chi connectivity index (χ4n) is 2.47. The Balaban J connectivity index is 2.17. The molecule has 2 N–H and O–H groups in total. The molecule has 0 unspecified atom stereocenters. The maximum Gasteiger partial charge on any atom is 0.271 e. The van der Waals surface area contributed by atoms with Gasteiger partial charge in [-0.05, 0) is 30.7 Å². The minimum absolute atomic E-state index is 0.00758. The third-order valence-electron chi connectivity index (χ3n) is 3.77. The highest BCUT2D eigenvalue weighted by Crippen LogP contribution is 2.33. The van der Waals surface area contributed by atoms with Gasteiger partial charge in [0.25, 0.3) is 5.69 Å². The summed E-state index contributed by atoms with van der Waals surface area (Å²) in [5.41, 5.74) is 3.56. The van der Waals surface area contributed by atoms with Crippen LogP contribution in [0.3, 0.4) is 0 Å². The SMILES string of the molecule is Cc1ccc([N+](=O)[O-])cc1Nc1c(CO)cnc2ccc(Br)cc12. The highest BCUT2D eigenvalue weighted by Gasteiger charge is 2.13. The lowest BCUT2D eigenvalue weighted by atomic mass is 10.1. The number of fused-ring (bicyclic) bond motifs is 1. The van der Waals surface area contributed by atoms with E-state index in [2.05, 4.69) is 26.2 Å². The molecule has 1 heterocycles. The van der Waals surface area contributed by atoms with Gasteiger partial charge in [0.15, 0.2) is 0 Å². The minimum atomic E-state index is -0.432. The number of anilines is 2. The number of aryl methyl sites for hydroxylation is 1. The van der Waals surface area contributed by atoms with E-state index < -0.39 is 4.92 Å². The smallest absolute Gasteiger partial charge is 0.271 e. The summed E-state index contributed by atoms with van der Waals surface area (Å²) in [6.07, 6.45) is 1.60. The number of rotatable bonds is 4. The van der Waals surface area contributed by atoms with Crippen LogP contribution in [0.4, 0.5) is 17.1 Å². The lowest BCUT2D eigenvalue weighted by Gasteiger charge is -2.15. The molecule has 0 saturated heterocycles. The van der Waals surface area contributed by atoms with Gasteiger partial charge in [0.05, 0.1) is 22.7 Å². The van der Waals surface area contributed by atoms with Crippen molar-refractivity contribution in [1.82, 2.24) is 4.98 Å². The summed E-state index contributed by atoms with van der Waals surface area (Å²) in [6.45, 7) is 1.68. The van der Waals surface area contributed by atoms with Crippen molar-refractivity contribution in [3.8, 4) is 0 Å². The molecule has 0 saturated carbocycles. The molecule has 0 amide bonds. The first kappa shape index (κ1) is 16.4. The van der Waals surface area contributed by atoms with Gasteiger partial charge in [-0.3, -0.25) is 15.1 Å². The molecule has 0 aliphatic heterocycles. The number of halogens is 1.